The quantitative estimate of drug-likeness (QED) is 0.901. The lowest BCUT2D eigenvalue weighted by Crippen LogP contribution is -2.62. The number of amides is 1. The molecule has 1 saturated heterocycles. The Hall–Kier alpha value is -3.15. The van der Waals surface area contributed by atoms with Gasteiger partial charge in [-0.1, -0.05) is 36.4 Å². The summed E-state index contributed by atoms with van der Waals surface area (Å²) >= 11 is 0. The van der Waals surface area contributed by atoms with Crippen molar-refractivity contribution in [2.45, 2.75) is 25.4 Å². The number of likely N-dealkylation sites (tertiary alicyclic amines) is 1. The standard InChI is InChI=1S/C21H20N4O/c1-14-20(21(24)26)13-25(14)19(12-23)10-15-2-6-17(7-3-15)18-8-4-16(11-22)5-9-18/h2-9,14,19-20H,10,13H2,1H3,(H2,24,26)/t14?,19-,20?/m0/s1. The van der Waals surface area contributed by atoms with Crippen molar-refractivity contribution in [3.63, 3.8) is 0 Å². The van der Waals surface area contributed by atoms with Crippen LogP contribution in [0.4, 0.5) is 0 Å². The molecule has 3 rings (SSSR count). The summed E-state index contributed by atoms with van der Waals surface area (Å²) in [5.41, 5.74) is 9.20. The van der Waals surface area contributed by atoms with E-state index in [1.54, 1.807) is 12.1 Å². The molecule has 1 heterocycles. The molecule has 5 nitrogen and oxygen atoms in total. The van der Waals surface area contributed by atoms with E-state index in [4.69, 9.17) is 11.0 Å². The van der Waals surface area contributed by atoms with E-state index in [1.165, 1.54) is 0 Å². The molecule has 1 aliphatic heterocycles. The number of carbonyl (C=O) groups excluding carboxylic acids is 1. The summed E-state index contributed by atoms with van der Waals surface area (Å²) in [6.07, 6.45) is 0.611. The van der Waals surface area contributed by atoms with Gasteiger partial charge in [-0.15, -0.1) is 0 Å². The number of rotatable bonds is 5. The van der Waals surface area contributed by atoms with Crippen molar-refractivity contribution in [3.8, 4) is 23.3 Å². The van der Waals surface area contributed by atoms with Crippen LogP contribution in [0.25, 0.3) is 11.1 Å². The Morgan fingerprint density at radius 2 is 1.73 bits per heavy atom. The molecule has 130 valence electrons. The second-order valence-electron chi connectivity index (χ2n) is 6.68. The molecule has 0 aromatic heterocycles. The van der Waals surface area contributed by atoms with Crippen molar-refractivity contribution in [1.29, 1.82) is 10.5 Å². The zero-order valence-electron chi connectivity index (χ0n) is 14.6. The molecule has 0 spiro atoms. The van der Waals surface area contributed by atoms with Crippen LogP contribution in [0.1, 0.15) is 18.1 Å². The smallest absolute Gasteiger partial charge is 0.223 e. The Bertz CT molecular complexity index is 874. The van der Waals surface area contributed by atoms with Gasteiger partial charge in [0.2, 0.25) is 5.91 Å². The second kappa shape index (κ2) is 7.39. The van der Waals surface area contributed by atoms with E-state index in [2.05, 4.69) is 12.1 Å². The number of nitrogens with zero attached hydrogens (tertiary/aromatic N) is 3. The molecule has 0 bridgehead atoms. The largest absolute Gasteiger partial charge is 0.369 e. The van der Waals surface area contributed by atoms with E-state index in [9.17, 15) is 10.1 Å². The molecule has 2 aromatic rings. The van der Waals surface area contributed by atoms with Crippen LogP contribution in [0, 0.1) is 28.6 Å². The third kappa shape index (κ3) is 3.44. The monoisotopic (exact) mass is 344 g/mol. The van der Waals surface area contributed by atoms with Crippen molar-refractivity contribution >= 4 is 5.91 Å². The Kier molecular flexibility index (Phi) is 5.02. The first-order valence-corrected chi connectivity index (χ1v) is 8.57. The maximum Gasteiger partial charge on any atom is 0.223 e. The van der Waals surface area contributed by atoms with Gasteiger partial charge in [-0.05, 0) is 35.7 Å². The number of nitriles is 2. The molecule has 3 atom stereocenters. The van der Waals surface area contributed by atoms with Crippen molar-refractivity contribution in [3.05, 3.63) is 59.7 Å². The normalized spacial score (nSPS) is 20.4. The summed E-state index contributed by atoms with van der Waals surface area (Å²) in [4.78, 5) is 13.3. The van der Waals surface area contributed by atoms with Crippen LogP contribution in [-0.4, -0.2) is 29.4 Å². The van der Waals surface area contributed by atoms with Gasteiger partial charge in [0, 0.05) is 19.0 Å². The molecule has 1 fully saturated rings. The highest BCUT2D eigenvalue weighted by atomic mass is 16.1. The number of carbonyl (C=O) groups is 1. The van der Waals surface area contributed by atoms with Gasteiger partial charge in [-0.3, -0.25) is 9.69 Å². The van der Waals surface area contributed by atoms with Crippen LogP contribution in [0.3, 0.4) is 0 Å². The second-order valence-corrected chi connectivity index (χ2v) is 6.68. The summed E-state index contributed by atoms with van der Waals surface area (Å²) < 4.78 is 0. The fraction of sp³-hybridized carbons (Fsp3) is 0.286. The number of primary amides is 1. The summed E-state index contributed by atoms with van der Waals surface area (Å²) in [7, 11) is 0. The molecule has 26 heavy (non-hydrogen) atoms. The average Bonchev–Trinajstić information content (AvgIpc) is 2.66. The lowest BCUT2D eigenvalue weighted by Gasteiger charge is -2.47. The summed E-state index contributed by atoms with van der Waals surface area (Å²) in [6.45, 7) is 2.50. The fourth-order valence-corrected chi connectivity index (χ4v) is 3.41. The average molecular weight is 344 g/mol. The lowest BCUT2D eigenvalue weighted by molar-refractivity contribution is -0.131. The number of hydrogen-bond acceptors (Lipinski definition) is 4. The molecule has 2 aromatic carbocycles. The Morgan fingerprint density at radius 1 is 1.15 bits per heavy atom. The van der Waals surface area contributed by atoms with Crippen LogP contribution < -0.4 is 5.73 Å². The van der Waals surface area contributed by atoms with Gasteiger partial charge >= 0.3 is 0 Å². The first kappa shape index (κ1) is 17.7. The van der Waals surface area contributed by atoms with Crippen molar-refractivity contribution in [2.24, 2.45) is 11.7 Å². The molecule has 0 radical (unpaired) electrons. The van der Waals surface area contributed by atoms with E-state index in [-0.39, 0.29) is 23.9 Å². The van der Waals surface area contributed by atoms with E-state index in [0.717, 1.165) is 16.7 Å². The first-order chi connectivity index (χ1) is 12.5. The minimum atomic E-state index is -0.294. The first-order valence-electron chi connectivity index (χ1n) is 8.57. The minimum absolute atomic E-state index is 0.00933. The highest BCUT2D eigenvalue weighted by Crippen LogP contribution is 2.28. The van der Waals surface area contributed by atoms with E-state index >= 15 is 0 Å². The van der Waals surface area contributed by atoms with Crippen molar-refractivity contribution in [1.82, 2.24) is 4.90 Å². The molecule has 0 aliphatic carbocycles. The topological polar surface area (TPSA) is 93.9 Å². The molecular weight excluding hydrogens is 324 g/mol. The molecular formula is C21H20N4O. The van der Waals surface area contributed by atoms with Gasteiger partial charge in [0.1, 0.15) is 6.04 Å². The third-order valence-electron chi connectivity index (χ3n) is 5.16. The van der Waals surface area contributed by atoms with E-state index < -0.39 is 0 Å². The highest BCUT2D eigenvalue weighted by Gasteiger charge is 2.42. The van der Waals surface area contributed by atoms with Gasteiger partial charge in [-0.25, -0.2) is 0 Å². The molecule has 5 heteroatoms. The van der Waals surface area contributed by atoms with Crippen LogP contribution in [-0.2, 0) is 11.2 Å². The van der Waals surface area contributed by atoms with Crippen LogP contribution in [0.2, 0.25) is 0 Å². The Labute approximate surface area is 153 Å². The maximum atomic E-state index is 11.3. The highest BCUT2D eigenvalue weighted by molar-refractivity contribution is 5.78. The summed E-state index contributed by atoms with van der Waals surface area (Å²) in [5, 5.41) is 18.4. The number of benzene rings is 2. The van der Waals surface area contributed by atoms with Gasteiger partial charge in [0.15, 0.2) is 0 Å². The predicted octanol–water partition coefficient (Wildman–Crippen LogP) is 2.47. The van der Waals surface area contributed by atoms with Crippen LogP contribution >= 0.6 is 0 Å². The van der Waals surface area contributed by atoms with Gasteiger partial charge in [0.25, 0.3) is 0 Å². The van der Waals surface area contributed by atoms with Gasteiger partial charge in [-0.2, -0.15) is 10.5 Å². The predicted molar refractivity (Wildman–Crippen MR) is 98.6 cm³/mol. The van der Waals surface area contributed by atoms with Crippen LogP contribution in [0.15, 0.2) is 48.5 Å². The molecule has 2 unspecified atom stereocenters. The van der Waals surface area contributed by atoms with Gasteiger partial charge < -0.3 is 5.73 Å². The van der Waals surface area contributed by atoms with Crippen LogP contribution in [0.5, 0.6) is 0 Å². The lowest BCUT2D eigenvalue weighted by atomic mass is 9.86. The SMILES string of the molecule is CC1C(C(N)=O)CN1[C@H](C#N)Cc1ccc(-c2ccc(C#N)cc2)cc1. The Balaban J connectivity index is 1.67. The maximum absolute atomic E-state index is 11.3. The number of nitrogens with two attached hydrogens (primary N) is 1. The molecule has 2 N–H and O–H groups in total. The zero-order chi connectivity index (χ0) is 18.7. The minimum Gasteiger partial charge on any atom is -0.369 e. The van der Waals surface area contributed by atoms with E-state index in [1.807, 2.05) is 48.2 Å². The fourth-order valence-electron chi connectivity index (χ4n) is 3.41. The molecule has 1 aliphatic rings. The van der Waals surface area contributed by atoms with Gasteiger partial charge in [0.05, 0.1) is 23.6 Å². The molecule has 0 saturated carbocycles. The van der Waals surface area contributed by atoms with Crippen molar-refractivity contribution in [2.75, 3.05) is 6.54 Å². The molecule has 1 amide bonds. The third-order valence-corrected chi connectivity index (χ3v) is 5.16. The van der Waals surface area contributed by atoms with E-state index in [0.29, 0.717) is 18.5 Å². The number of hydrogen-bond donors (Lipinski definition) is 1. The summed E-state index contributed by atoms with van der Waals surface area (Å²) in [6, 6.07) is 19.8. The zero-order valence-corrected chi connectivity index (χ0v) is 14.6. The van der Waals surface area contributed by atoms with Crippen molar-refractivity contribution < 1.29 is 4.79 Å². The summed E-state index contributed by atoms with van der Waals surface area (Å²) in [5.74, 6) is -0.457. The Morgan fingerprint density at radius 3 is 2.19 bits per heavy atom.